The normalized spacial score (nSPS) is 19.4. The van der Waals surface area contributed by atoms with Crippen LogP contribution in [0.15, 0.2) is 54.9 Å². The molecule has 2 aliphatic heterocycles. The Labute approximate surface area is 170 Å². The quantitative estimate of drug-likeness (QED) is 0.720. The zero-order chi connectivity index (χ0) is 19.5. The molecule has 2 aliphatic rings. The first-order valence-electron chi connectivity index (χ1n) is 10.1. The van der Waals surface area contributed by atoms with Crippen LogP contribution in [0, 0.1) is 0 Å². The molecule has 2 aromatic carbocycles. The SMILES string of the molecule is c1ccc(-n2cnc(Nc3cc(C4CCOC4)cc(N4CCOCC4)c3)n2)cc1. The van der Waals surface area contributed by atoms with E-state index in [0.29, 0.717) is 11.9 Å². The minimum atomic E-state index is 0.436. The maximum Gasteiger partial charge on any atom is 0.246 e. The fourth-order valence-electron chi connectivity index (χ4n) is 3.90. The van der Waals surface area contributed by atoms with Crippen molar-refractivity contribution in [1.82, 2.24) is 14.8 Å². The van der Waals surface area contributed by atoms with Crippen LogP contribution in [0.25, 0.3) is 5.69 Å². The van der Waals surface area contributed by atoms with Gasteiger partial charge in [0.1, 0.15) is 6.33 Å². The first-order chi connectivity index (χ1) is 14.3. The van der Waals surface area contributed by atoms with Crippen LogP contribution in [0.3, 0.4) is 0 Å². The molecule has 2 fully saturated rings. The van der Waals surface area contributed by atoms with Crippen molar-refractivity contribution in [3.8, 4) is 5.69 Å². The Morgan fingerprint density at radius 1 is 0.931 bits per heavy atom. The number of nitrogens with zero attached hydrogens (tertiary/aromatic N) is 4. The van der Waals surface area contributed by atoms with Gasteiger partial charge < -0.3 is 19.7 Å². The Hall–Kier alpha value is -2.90. The summed E-state index contributed by atoms with van der Waals surface area (Å²) in [5.74, 6) is 1.02. The fourth-order valence-corrected chi connectivity index (χ4v) is 3.90. The average Bonchev–Trinajstić information content (AvgIpc) is 3.47. The highest BCUT2D eigenvalue weighted by molar-refractivity contribution is 5.64. The molecule has 5 rings (SSSR count). The average molecular weight is 391 g/mol. The Bertz CT molecular complexity index is 947. The van der Waals surface area contributed by atoms with Gasteiger partial charge in [0.2, 0.25) is 5.95 Å². The summed E-state index contributed by atoms with van der Waals surface area (Å²) in [7, 11) is 0. The van der Waals surface area contributed by atoms with Crippen molar-refractivity contribution in [1.29, 1.82) is 0 Å². The van der Waals surface area contributed by atoms with E-state index < -0.39 is 0 Å². The van der Waals surface area contributed by atoms with Crippen molar-refractivity contribution in [2.75, 3.05) is 49.7 Å². The van der Waals surface area contributed by atoms with Crippen molar-refractivity contribution in [3.05, 3.63) is 60.4 Å². The highest BCUT2D eigenvalue weighted by Gasteiger charge is 2.21. The van der Waals surface area contributed by atoms with Crippen LogP contribution < -0.4 is 10.2 Å². The number of aromatic nitrogens is 3. The first kappa shape index (κ1) is 18.1. The highest BCUT2D eigenvalue weighted by Crippen LogP contribution is 2.32. The Balaban J connectivity index is 1.42. The summed E-state index contributed by atoms with van der Waals surface area (Å²) in [4.78, 5) is 6.82. The number of hydrogen-bond donors (Lipinski definition) is 1. The standard InChI is InChI=1S/C22H25N5O2/c1-2-4-20(5-3-1)27-16-23-22(25-27)24-19-12-18(17-6-9-29-15-17)13-21(14-19)26-7-10-28-11-8-26/h1-5,12-14,16-17H,6-11,15H2,(H,24,25). The van der Waals surface area contributed by atoms with Crippen molar-refractivity contribution >= 4 is 17.3 Å². The van der Waals surface area contributed by atoms with Gasteiger partial charge in [-0.3, -0.25) is 0 Å². The van der Waals surface area contributed by atoms with E-state index in [1.54, 1.807) is 11.0 Å². The van der Waals surface area contributed by atoms with Gasteiger partial charge in [-0.15, -0.1) is 5.10 Å². The minimum absolute atomic E-state index is 0.436. The van der Waals surface area contributed by atoms with Gasteiger partial charge in [-0.2, -0.15) is 4.98 Å². The van der Waals surface area contributed by atoms with Crippen molar-refractivity contribution in [2.24, 2.45) is 0 Å². The van der Waals surface area contributed by atoms with Crippen LogP contribution in [0.2, 0.25) is 0 Å². The second-order valence-electron chi connectivity index (χ2n) is 7.45. The molecule has 3 heterocycles. The molecule has 0 spiro atoms. The lowest BCUT2D eigenvalue weighted by atomic mass is 9.97. The molecule has 150 valence electrons. The molecule has 7 nitrogen and oxygen atoms in total. The number of hydrogen-bond acceptors (Lipinski definition) is 6. The Morgan fingerprint density at radius 3 is 2.59 bits per heavy atom. The molecule has 0 bridgehead atoms. The van der Waals surface area contributed by atoms with E-state index in [2.05, 4.69) is 38.5 Å². The molecule has 2 saturated heterocycles. The Kier molecular flexibility index (Phi) is 5.15. The number of para-hydroxylation sites is 1. The second-order valence-corrected chi connectivity index (χ2v) is 7.45. The van der Waals surface area contributed by atoms with Gasteiger partial charge in [0.15, 0.2) is 0 Å². The molecule has 0 amide bonds. The van der Waals surface area contributed by atoms with Crippen molar-refractivity contribution in [2.45, 2.75) is 12.3 Å². The molecule has 29 heavy (non-hydrogen) atoms. The number of morpholine rings is 1. The van der Waals surface area contributed by atoms with Gasteiger partial charge in [0.05, 0.1) is 25.5 Å². The lowest BCUT2D eigenvalue weighted by molar-refractivity contribution is 0.122. The molecule has 1 unspecified atom stereocenters. The maximum atomic E-state index is 5.63. The van der Waals surface area contributed by atoms with Gasteiger partial charge in [-0.25, -0.2) is 4.68 Å². The number of rotatable bonds is 5. The summed E-state index contributed by atoms with van der Waals surface area (Å²) in [5.41, 5.74) is 4.50. The van der Waals surface area contributed by atoms with Gasteiger partial charge in [0, 0.05) is 37.0 Å². The van der Waals surface area contributed by atoms with Crippen LogP contribution in [0.4, 0.5) is 17.3 Å². The maximum absolute atomic E-state index is 5.63. The highest BCUT2D eigenvalue weighted by atomic mass is 16.5. The van der Waals surface area contributed by atoms with Crippen LogP contribution in [0.1, 0.15) is 17.9 Å². The molecule has 7 heteroatoms. The van der Waals surface area contributed by atoms with Gasteiger partial charge in [0.25, 0.3) is 0 Å². The molecular weight excluding hydrogens is 366 g/mol. The van der Waals surface area contributed by atoms with Crippen LogP contribution in [-0.4, -0.2) is 54.3 Å². The molecule has 0 saturated carbocycles. The lowest BCUT2D eigenvalue weighted by Gasteiger charge is -2.30. The third-order valence-corrected chi connectivity index (χ3v) is 5.49. The fraction of sp³-hybridized carbons (Fsp3) is 0.364. The molecule has 1 atom stereocenters. The lowest BCUT2D eigenvalue weighted by Crippen LogP contribution is -2.36. The van der Waals surface area contributed by atoms with E-state index in [1.807, 2.05) is 30.3 Å². The molecule has 0 aliphatic carbocycles. The largest absolute Gasteiger partial charge is 0.381 e. The number of anilines is 3. The predicted octanol–water partition coefficient (Wildman–Crippen LogP) is 3.35. The van der Waals surface area contributed by atoms with E-state index in [-0.39, 0.29) is 0 Å². The van der Waals surface area contributed by atoms with Crippen LogP contribution in [0.5, 0.6) is 0 Å². The summed E-state index contributed by atoms with van der Waals surface area (Å²) in [5, 5.41) is 7.98. The van der Waals surface area contributed by atoms with E-state index in [1.165, 1.54) is 11.3 Å². The summed E-state index contributed by atoms with van der Waals surface area (Å²) in [6.07, 6.45) is 2.79. The van der Waals surface area contributed by atoms with Gasteiger partial charge in [-0.1, -0.05) is 18.2 Å². The smallest absolute Gasteiger partial charge is 0.246 e. The van der Waals surface area contributed by atoms with Crippen LogP contribution >= 0.6 is 0 Å². The number of benzene rings is 2. The topological polar surface area (TPSA) is 64.4 Å². The molecule has 1 N–H and O–H groups in total. The van der Waals surface area contributed by atoms with E-state index in [4.69, 9.17) is 9.47 Å². The van der Waals surface area contributed by atoms with E-state index in [9.17, 15) is 0 Å². The summed E-state index contributed by atoms with van der Waals surface area (Å²) in [6, 6.07) is 16.7. The number of nitrogens with one attached hydrogen (secondary N) is 1. The van der Waals surface area contributed by atoms with Crippen molar-refractivity contribution < 1.29 is 9.47 Å². The van der Waals surface area contributed by atoms with Gasteiger partial charge in [-0.05, 0) is 42.3 Å². The monoisotopic (exact) mass is 391 g/mol. The first-order valence-corrected chi connectivity index (χ1v) is 10.1. The molecule has 1 aromatic heterocycles. The number of ether oxygens (including phenoxy) is 2. The van der Waals surface area contributed by atoms with E-state index >= 15 is 0 Å². The third-order valence-electron chi connectivity index (χ3n) is 5.49. The van der Waals surface area contributed by atoms with Crippen molar-refractivity contribution in [3.63, 3.8) is 0 Å². The summed E-state index contributed by atoms with van der Waals surface area (Å²) >= 11 is 0. The summed E-state index contributed by atoms with van der Waals surface area (Å²) < 4.78 is 12.9. The molecule has 0 radical (unpaired) electrons. The minimum Gasteiger partial charge on any atom is -0.381 e. The second kappa shape index (κ2) is 8.23. The Morgan fingerprint density at radius 2 is 1.79 bits per heavy atom. The van der Waals surface area contributed by atoms with Gasteiger partial charge >= 0.3 is 0 Å². The van der Waals surface area contributed by atoms with E-state index in [0.717, 1.165) is 57.3 Å². The third kappa shape index (κ3) is 4.11. The zero-order valence-corrected chi connectivity index (χ0v) is 16.3. The summed E-state index contributed by atoms with van der Waals surface area (Å²) in [6.45, 7) is 4.96. The van der Waals surface area contributed by atoms with Crippen LogP contribution in [-0.2, 0) is 9.47 Å². The molecule has 3 aromatic rings. The zero-order valence-electron chi connectivity index (χ0n) is 16.3. The predicted molar refractivity (Wildman–Crippen MR) is 112 cm³/mol. The molecular formula is C22H25N5O2.